The molecule has 0 aliphatic carbocycles. The number of aryl methyl sites for hydroxylation is 1. The van der Waals surface area contributed by atoms with Crippen LogP contribution in [-0.2, 0) is 13.1 Å². The van der Waals surface area contributed by atoms with E-state index in [0.717, 1.165) is 19.6 Å². The Labute approximate surface area is 118 Å². The van der Waals surface area contributed by atoms with Gasteiger partial charge in [0.1, 0.15) is 0 Å². The molecule has 1 aromatic carbocycles. The monoisotopic (exact) mass is 268 g/mol. The van der Waals surface area contributed by atoms with Gasteiger partial charge in [0.2, 0.25) is 0 Å². The molecule has 0 unspecified atom stereocenters. The maximum Gasteiger partial charge on any atom is 0.0945 e. The lowest BCUT2D eigenvalue weighted by atomic mass is 10.1. The van der Waals surface area contributed by atoms with Crippen molar-refractivity contribution in [3.8, 4) is 0 Å². The molecule has 0 bridgehead atoms. The van der Waals surface area contributed by atoms with Crippen LogP contribution in [0, 0.1) is 0 Å². The number of aromatic nitrogens is 3. The Morgan fingerprint density at radius 3 is 3.10 bits per heavy atom. The standard InChI is InChI=1S/C16H20N4/c1(2-9-20-10-8-18-13-20)6-17-12-14-3-4-15-5-7-19-16(15)11-14/h3-5,7-8,10-11,13,17,19H,1-2,6,9,12H2. The molecule has 3 rings (SSSR count). The van der Waals surface area contributed by atoms with Gasteiger partial charge in [-0.05, 0) is 42.5 Å². The van der Waals surface area contributed by atoms with Crippen molar-refractivity contribution in [2.45, 2.75) is 25.9 Å². The molecule has 3 aromatic rings. The van der Waals surface area contributed by atoms with Crippen LogP contribution in [0.1, 0.15) is 18.4 Å². The minimum atomic E-state index is 0.931. The van der Waals surface area contributed by atoms with Crippen molar-refractivity contribution < 1.29 is 0 Å². The lowest BCUT2D eigenvalue weighted by Crippen LogP contribution is -2.15. The van der Waals surface area contributed by atoms with Crippen LogP contribution in [-0.4, -0.2) is 21.1 Å². The first kappa shape index (κ1) is 12.9. The van der Waals surface area contributed by atoms with Crippen molar-refractivity contribution >= 4 is 10.9 Å². The van der Waals surface area contributed by atoms with E-state index in [1.165, 1.54) is 29.3 Å². The average molecular weight is 268 g/mol. The summed E-state index contributed by atoms with van der Waals surface area (Å²) >= 11 is 0. The number of hydrogen-bond donors (Lipinski definition) is 2. The van der Waals surface area contributed by atoms with Gasteiger partial charge >= 0.3 is 0 Å². The van der Waals surface area contributed by atoms with Gasteiger partial charge in [-0.2, -0.15) is 0 Å². The second kappa shape index (κ2) is 6.39. The zero-order valence-electron chi connectivity index (χ0n) is 11.5. The Kier molecular flexibility index (Phi) is 4.13. The predicted octanol–water partition coefficient (Wildman–Crippen LogP) is 2.93. The molecule has 0 saturated carbocycles. The van der Waals surface area contributed by atoms with Gasteiger partial charge in [-0.3, -0.25) is 0 Å². The highest BCUT2D eigenvalue weighted by Gasteiger charge is 1.97. The summed E-state index contributed by atoms with van der Waals surface area (Å²) in [5.74, 6) is 0. The molecule has 0 aliphatic heterocycles. The first-order valence-electron chi connectivity index (χ1n) is 7.14. The van der Waals surface area contributed by atoms with Crippen molar-refractivity contribution in [1.82, 2.24) is 19.9 Å². The maximum atomic E-state index is 4.04. The number of benzene rings is 1. The van der Waals surface area contributed by atoms with Crippen molar-refractivity contribution in [2.75, 3.05) is 6.54 Å². The van der Waals surface area contributed by atoms with Gasteiger partial charge in [0.15, 0.2) is 0 Å². The van der Waals surface area contributed by atoms with Gasteiger partial charge in [0.05, 0.1) is 6.33 Å². The van der Waals surface area contributed by atoms with E-state index in [-0.39, 0.29) is 0 Å². The van der Waals surface area contributed by atoms with Crippen LogP contribution in [0.25, 0.3) is 10.9 Å². The number of imidazole rings is 1. The molecule has 2 aromatic heterocycles. The molecular weight excluding hydrogens is 248 g/mol. The van der Waals surface area contributed by atoms with Crippen LogP contribution < -0.4 is 5.32 Å². The average Bonchev–Trinajstić information content (AvgIpc) is 3.13. The van der Waals surface area contributed by atoms with E-state index in [1.807, 2.05) is 24.9 Å². The fourth-order valence-electron chi connectivity index (χ4n) is 2.40. The lowest BCUT2D eigenvalue weighted by Gasteiger charge is -2.06. The fraction of sp³-hybridized carbons (Fsp3) is 0.312. The molecule has 0 saturated heterocycles. The molecule has 0 fully saturated rings. The van der Waals surface area contributed by atoms with Crippen molar-refractivity contribution in [2.24, 2.45) is 0 Å². The van der Waals surface area contributed by atoms with E-state index in [4.69, 9.17) is 0 Å². The molecule has 0 aliphatic rings. The van der Waals surface area contributed by atoms with Gasteiger partial charge in [0.25, 0.3) is 0 Å². The Morgan fingerprint density at radius 2 is 2.20 bits per heavy atom. The molecule has 2 N–H and O–H groups in total. The first-order valence-corrected chi connectivity index (χ1v) is 7.14. The molecule has 0 amide bonds. The summed E-state index contributed by atoms with van der Waals surface area (Å²) in [5.41, 5.74) is 2.54. The van der Waals surface area contributed by atoms with Crippen molar-refractivity contribution in [3.05, 3.63) is 54.7 Å². The maximum absolute atomic E-state index is 4.04. The van der Waals surface area contributed by atoms with Gasteiger partial charge in [-0.25, -0.2) is 4.98 Å². The lowest BCUT2D eigenvalue weighted by molar-refractivity contribution is 0.568. The third kappa shape index (κ3) is 3.27. The Balaban J connectivity index is 1.37. The highest BCUT2D eigenvalue weighted by Crippen LogP contribution is 2.13. The summed E-state index contributed by atoms with van der Waals surface area (Å²) < 4.78 is 2.12. The number of hydrogen-bond acceptors (Lipinski definition) is 2. The number of unbranched alkanes of at least 4 members (excludes halogenated alkanes) is 1. The molecular formula is C16H20N4. The van der Waals surface area contributed by atoms with Crippen LogP contribution in [0.5, 0.6) is 0 Å². The second-order valence-corrected chi connectivity index (χ2v) is 5.08. The summed E-state index contributed by atoms with van der Waals surface area (Å²) in [7, 11) is 0. The number of nitrogens with zero attached hydrogens (tertiary/aromatic N) is 2. The molecule has 0 spiro atoms. The third-order valence-electron chi connectivity index (χ3n) is 3.53. The molecule has 104 valence electrons. The quantitative estimate of drug-likeness (QED) is 0.647. The van der Waals surface area contributed by atoms with E-state index in [2.05, 4.69) is 44.1 Å². The highest BCUT2D eigenvalue weighted by molar-refractivity contribution is 5.79. The van der Waals surface area contributed by atoms with Gasteiger partial charge in [-0.1, -0.05) is 12.1 Å². The SMILES string of the molecule is c1cn(CCCCNCc2ccc3cc[nH]c3c2)cn1. The number of fused-ring (bicyclic) bond motifs is 1. The Bertz CT molecular complexity index is 639. The van der Waals surface area contributed by atoms with Gasteiger partial charge < -0.3 is 14.9 Å². The smallest absolute Gasteiger partial charge is 0.0945 e. The van der Waals surface area contributed by atoms with Crippen LogP contribution in [0.4, 0.5) is 0 Å². The molecule has 0 atom stereocenters. The van der Waals surface area contributed by atoms with E-state index in [0.29, 0.717) is 0 Å². The second-order valence-electron chi connectivity index (χ2n) is 5.08. The zero-order valence-corrected chi connectivity index (χ0v) is 11.5. The zero-order chi connectivity index (χ0) is 13.6. The summed E-state index contributed by atoms with van der Waals surface area (Å²) in [6.07, 6.45) is 10.1. The van der Waals surface area contributed by atoms with Crippen LogP contribution in [0.2, 0.25) is 0 Å². The fourth-order valence-corrected chi connectivity index (χ4v) is 2.40. The van der Waals surface area contributed by atoms with E-state index < -0.39 is 0 Å². The number of aromatic amines is 1. The Hall–Kier alpha value is -2.07. The van der Waals surface area contributed by atoms with Crippen molar-refractivity contribution in [3.63, 3.8) is 0 Å². The minimum absolute atomic E-state index is 0.931. The predicted molar refractivity (Wildman–Crippen MR) is 81.5 cm³/mol. The van der Waals surface area contributed by atoms with Crippen LogP contribution >= 0.6 is 0 Å². The van der Waals surface area contributed by atoms with Crippen molar-refractivity contribution in [1.29, 1.82) is 0 Å². The third-order valence-corrected chi connectivity index (χ3v) is 3.53. The number of H-pyrrole nitrogens is 1. The van der Waals surface area contributed by atoms with E-state index in [9.17, 15) is 0 Å². The topological polar surface area (TPSA) is 45.6 Å². The normalized spacial score (nSPS) is 11.2. The summed E-state index contributed by atoms with van der Waals surface area (Å²) in [6, 6.07) is 8.67. The van der Waals surface area contributed by atoms with Crippen LogP contribution in [0.3, 0.4) is 0 Å². The molecule has 4 heteroatoms. The molecule has 0 radical (unpaired) electrons. The summed E-state index contributed by atoms with van der Waals surface area (Å²) in [6.45, 7) is 3.04. The van der Waals surface area contributed by atoms with Crippen LogP contribution in [0.15, 0.2) is 49.2 Å². The summed E-state index contributed by atoms with van der Waals surface area (Å²) in [4.78, 5) is 7.29. The van der Waals surface area contributed by atoms with Gasteiger partial charge in [-0.15, -0.1) is 0 Å². The molecule has 2 heterocycles. The largest absolute Gasteiger partial charge is 0.361 e. The minimum Gasteiger partial charge on any atom is -0.361 e. The molecule has 20 heavy (non-hydrogen) atoms. The highest BCUT2D eigenvalue weighted by atomic mass is 15.0. The van der Waals surface area contributed by atoms with Gasteiger partial charge in [0, 0.05) is 37.2 Å². The van der Waals surface area contributed by atoms with E-state index in [1.54, 1.807) is 0 Å². The summed E-state index contributed by atoms with van der Waals surface area (Å²) in [5, 5.41) is 4.77. The first-order chi connectivity index (χ1) is 9.92. The number of nitrogens with one attached hydrogen (secondary N) is 2. The van der Waals surface area contributed by atoms with E-state index >= 15 is 0 Å². The molecule has 4 nitrogen and oxygen atoms in total. The Morgan fingerprint density at radius 1 is 1.20 bits per heavy atom. The number of rotatable bonds is 7.